The largest absolute Gasteiger partial charge is 0.493 e. The number of hydrogen-bond donors (Lipinski definition) is 2. The summed E-state index contributed by atoms with van der Waals surface area (Å²) in [4.78, 5) is 12.4. The summed E-state index contributed by atoms with van der Waals surface area (Å²) in [5.41, 5.74) is 2.38. The van der Waals surface area contributed by atoms with Gasteiger partial charge in [-0.1, -0.05) is 24.3 Å². The lowest BCUT2D eigenvalue weighted by molar-refractivity contribution is 0.0916. The van der Waals surface area contributed by atoms with E-state index in [-0.39, 0.29) is 12.5 Å². The number of hydrogen-bond acceptors (Lipinski definition) is 4. The molecule has 0 bridgehead atoms. The predicted molar refractivity (Wildman–Crippen MR) is 106 cm³/mol. The van der Waals surface area contributed by atoms with Gasteiger partial charge in [0, 0.05) is 18.5 Å². The van der Waals surface area contributed by atoms with Gasteiger partial charge in [0.05, 0.1) is 12.7 Å². The number of fused-ring (bicyclic) bond motifs is 1. The molecule has 0 fully saturated rings. The Morgan fingerprint density at radius 2 is 1.79 bits per heavy atom. The minimum absolute atomic E-state index is 0.140. The monoisotopic (exact) mass is 375 g/mol. The van der Waals surface area contributed by atoms with Gasteiger partial charge < -0.3 is 19.9 Å². The molecule has 1 heterocycles. The van der Waals surface area contributed by atoms with Crippen molar-refractivity contribution in [1.29, 1.82) is 0 Å². The fourth-order valence-corrected chi connectivity index (χ4v) is 3.12. The molecule has 0 aliphatic carbocycles. The third-order valence-corrected chi connectivity index (χ3v) is 4.65. The zero-order valence-corrected chi connectivity index (χ0v) is 15.3. The number of aliphatic hydroxyl groups is 1. The van der Waals surface area contributed by atoms with Crippen molar-refractivity contribution in [3.8, 4) is 17.2 Å². The topological polar surface area (TPSA) is 67.8 Å². The van der Waals surface area contributed by atoms with Crippen molar-refractivity contribution in [2.75, 3.05) is 13.2 Å². The van der Waals surface area contributed by atoms with Gasteiger partial charge in [-0.15, -0.1) is 0 Å². The third kappa shape index (κ3) is 4.15. The quantitative estimate of drug-likeness (QED) is 0.686. The summed E-state index contributed by atoms with van der Waals surface area (Å²) >= 11 is 0. The number of aliphatic hydroxyl groups excluding tert-OH is 1. The minimum Gasteiger partial charge on any atom is -0.493 e. The summed E-state index contributed by atoms with van der Waals surface area (Å²) in [5, 5.41) is 13.2. The van der Waals surface area contributed by atoms with Crippen molar-refractivity contribution < 1.29 is 19.4 Å². The highest BCUT2D eigenvalue weighted by atomic mass is 16.5. The Hall–Kier alpha value is -3.31. The Balaban J connectivity index is 1.33. The van der Waals surface area contributed by atoms with Crippen LogP contribution in [0.4, 0.5) is 0 Å². The smallest absolute Gasteiger partial charge is 0.251 e. The number of para-hydroxylation sites is 1. The average molecular weight is 375 g/mol. The molecule has 142 valence electrons. The molecule has 1 amide bonds. The zero-order valence-electron chi connectivity index (χ0n) is 15.3. The van der Waals surface area contributed by atoms with E-state index in [2.05, 4.69) is 5.32 Å². The molecule has 28 heavy (non-hydrogen) atoms. The lowest BCUT2D eigenvalue weighted by Crippen LogP contribution is -2.28. The fourth-order valence-electron chi connectivity index (χ4n) is 3.12. The highest BCUT2D eigenvalue weighted by Crippen LogP contribution is 2.28. The number of nitrogens with one attached hydrogen (secondary N) is 1. The molecule has 4 rings (SSSR count). The molecule has 3 aromatic carbocycles. The number of ether oxygens (including phenoxy) is 2. The van der Waals surface area contributed by atoms with Gasteiger partial charge in [-0.25, -0.2) is 0 Å². The third-order valence-electron chi connectivity index (χ3n) is 4.65. The molecule has 3 aromatic rings. The lowest BCUT2D eigenvalue weighted by Gasteiger charge is -2.13. The molecule has 0 saturated carbocycles. The van der Waals surface area contributed by atoms with Gasteiger partial charge in [0.1, 0.15) is 17.2 Å². The highest BCUT2D eigenvalue weighted by molar-refractivity contribution is 5.94. The molecule has 0 aromatic heterocycles. The number of amides is 1. The summed E-state index contributed by atoms with van der Waals surface area (Å²) < 4.78 is 11.2. The minimum atomic E-state index is -0.768. The Morgan fingerprint density at radius 1 is 1.04 bits per heavy atom. The molecule has 2 N–H and O–H groups in total. The van der Waals surface area contributed by atoms with E-state index < -0.39 is 6.10 Å². The first-order valence-electron chi connectivity index (χ1n) is 9.24. The molecular formula is C23H21NO4. The Bertz CT molecular complexity index is 954. The summed E-state index contributed by atoms with van der Waals surface area (Å²) in [6, 6.07) is 22.0. The van der Waals surface area contributed by atoms with E-state index in [1.54, 1.807) is 24.3 Å². The Kier molecular flexibility index (Phi) is 5.26. The SMILES string of the molecule is O=C(NCC(O)c1ccc2c(c1)CCO2)c1ccc(Oc2ccccc2)cc1. The number of rotatable bonds is 6. The zero-order chi connectivity index (χ0) is 19.3. The van der Waals surface area contributed by atoms with Gasteiger partial charge in [0.2, 0.25) is 0 Å². The second kappa shape index (κ2) is 8.15. The van der Waals surface area contributed by atoms with E-state index >= 15 is 0 Å². The summed E-state index contributed by atoms with van der Waals surface area (Å²) in [7, 11) is 0. The summed E-state index contributed by atoms with van der Waals surface area (Å²) in [6.07, 6.45) is 0.0789. The molecule has 0 spiro atoms. The lowest BCUT2D eigenvalue weighted by atomic mass is 10.0. The maximum atomic E-state index is 12.4. The highest BCUT2D eigenvalue weighted by Gasteiger charge is 2.16. The predicted octanol–water partition coefficient (Wildman–Crippen LogP) is 3.88. The van der Waals surface area contributed by atoms with E-state index in [0.29, 0.717) is 17.9 Å². The van der Waals surface area contributed by atoms with E-state index in [1.165, 1.54) is 0 Å². The molecule has 1 atom stereocenters. The van der Waals surface area contributed by atoms with Crippen LogP contribution >= 0.6 is 0 Å². The number of benzene rings is 3. The van der Waals surface area contributed by atoms with E-state index in [9.17, 15) is 9.90 Å². The van der Waals surface area contributed by atoms with Crippen LogP contribution < -0.4 is 14.8 Å². The molecule has 1 aliphatic heterocycles. The van der Waals surface area contributed by atoms with Gasteiger partial charge in [0.25, 0.3) is 5.91 Å². The van der Waals surface area contributed by atoms with Crippen molar-refractivity contribution >= 4 is 5.91 Å². The number of carbonyl (C=O) groups is 1. The molecule has 1 aliphatic rings. The van der Waals surface area contributed by atoms with Crippen molar-refractivity contribution in [1.82, 2.24) is 5.32 Å². The van der Waals surface area contributed by atoms with Gasteiger partial charge in [0.15, 0.2) is 0 Å². The van der Waals surface area contributed by atoms with Crippen LogP contribution in [0, 0.1) is 0 Å². The van der Waals surface area contributed by atoms with Gasteiger partial charge >= 0.3 is 0 Å². The number of carbonyl (C=O) groups excluding carboxylic acids is 1. The molecule has 0 saturated heterocycles. The van der Waals surface area contributed by atoms with E-state index in [0.717, 1.165) is 29.0 Å². The normalized spacial score (nSPS) is 13.3. The second-order valence-electron chi connectivity index (χ2n) is 6.63. The van der Waals surface area contributed by atoms with Crippen LogP contribution in [0.15, 0.2) is 72.8 Å². The molecule has 5 heteroatoms. The van der Waals surface area contributed by atoms with Crippen LogP contribution in [0.5, 0.6) is 17.2 Å². The Morgan fingerprint density at radius 3 is 2.57 bits per heavy atom. The standard InChI is InChI=1S/C23H21NO4/c25-21(17-8-11-22-18(14-17)12-13-27-22)15-24-23(26)16-6-9-20(10-7-16)28-19-4-2-1-3-5-19/h1-11,14,21,25H,12-13,15H2,(H,24,26). The van der Waals surface area contributed by atoms with E-state index in [1.807, 2.05) is 48.5 Å². The van der Waals surface area contributed by atoms with Crippen molar-refractivity contribution in [3.05, 3.63) is 89.5 Å². The maximum Gasteiger partial charge on any atom is 0.251 e. The first kappa shape index (κ1) is 18.1. The van der Waals surface area contributed by atoms with E-state index in [4.69, 9.17) is 9.47 Å². The van der Waals surface area contributed by atoms with Crippen LogP contribution in [-0.4, -0.2) is 24.2 Å². The maximum absolute atomic E-state index is 12.4. The van der Waals surface area contributed by atoms with Crippen LogP contribution in [0.1, 0.15) is 27.6 Å². The Labute approximate surface area is 163 Å². The summed E-state index contributed by atoms with van der Waals surface area (Å²) in [6.45, 7) is 0.816. The molecule has 0 radical (unpaired) electrons. The second-order valence-corrected chi connectivity index (χ2v) is 6.63. The van der Waals surface area contributed by atoms with Gasteiger partial charge in [-0.2, -0.15) is 0 Å². The molecule has 1 unspecified atom stereocenters. The van der Waals surface area contributed by atoms with Crippen LogP contribution in [-0.2, 0) is 6.42 Å². The van der Waals surface area contributed by atoms with Crippen LogP contribution in [0.25, 0.3) is 0 Å². The van der Waals surface area contributed by atoms with Gasteiger partial charge in [-0.3, -0.25) is 4.79 Å². The fraction of sp³-hybridized carbons (Fsp3) is 0.174. The van der Waals surface area contributed by atoms with Gasteiger partial charge in [-0.05, 0) is 59.7 Å². The average Bonchev–Trinajstić information content (AvgIpc) is 3.21. The first-order valence-corrected chi connectivity index (χ1v) is 9.24. The summed E-state index contributed by atoms with van der Waals surface area (Å²) in [5.74, 6) is 2.03. The van der Waals surface area contributed by atoms with Crippen molar-refractivity contribution in [2.24, 2.45) is 0 Å². The van der Waals surface area contributed by atoms with Crippen LogP contribution in [0.2, 0.25) is 0 Å². The molecular weight excluding hydrogens is 354 g/mol. The van der Waals surface area contributed by atoms with Crippen LogP contribution in [0.3, 0.4) is 0 Å². The van der Waals surface area contributed by atoms with Crippen molar-refractivity contribution in [2.45, 2.75) is 12.5 Å². The first-order chi connectivity index (χ1) is 13.7. The molecule has 5 nitrogen and oxygen atoms in total. The van der Waals surface area contributed by atoms with Crippen molar-refractivity contribution in [3.63, 3.8) is 0 Å².